The van der Waals surface area contributed by atoms with E-state index in [1.807, 2.05) is 0 Å². The highest BCUT2D eigenvalue weighted by molar-refractivity contribution is 5.37. The monoisotopic (exact) mass is 247 g/mol. The second-order valence-electron chi connectivity index (χ2n) is 5.31. The molecular formula is C16H25NO. The van der Waals surface area contributed by atoms with Crippen molar-refractivity contribution in [3.63, 3.8) is 0 Å². The molecule has 0 saturated heterocycles. The number of benzene rings is 1. The zero-order chi connectivity index (χ0) is 13.0. The lowest BCUT2D eigenvalue weighted by Crippen LogP contribution is -2.38. The summed E-state index contributed by atoms with van der Waals surface area (Å²) in [6.45, 7) is 7.42. The summed E-state index contributed by atoms with van der Waals surface area (Å²) in [6, 6.07) is 6.99. The number of rotatable bonds is 5. The molecule has 0 aromatic heterocycles. The van der Waals surface area contributed by atoms with Gasteiger partial charge in [0.15, 0.2) is 0 Å². The average molecular weight is 247 g/mol. The van der Waals surface area contributed by atoms with Crippen molar-refractivity contribution in [1.29, 1.82) is 0 Å². The number of fused-ring (bicyclic) bond motifs is 1. The van der Waals surface area contributed by atoms with Crippen molar-refractivity contribution >= 4 is 0 Å². The molecule has 2 rings (SSSR count). The summed E-state index contributed by atoms with van der Waals surface area (Å²) >= 11 is 0. The molecule has 0 saturated carbocycles. The van der Waals surface area contributed by atoms with E-state index in [2.05, 4.69) is 44.3 Å². The minimum Gasteiger partial charge on any atom is -0.489 e. The molecule has 0 heterocycles. The summed E-state index contributed by atoms with van der Waals surface area (Å²) in [5.74, 6) is 1.02. The van der Waals surface area contributed by atoms with Gasteiger partial charge in [-0.15, -0.1) is 0 Å². The maximum atomic E-state index is 6.03. The summed E-state index contributed by atoms with van der Waals surface area (Å²) < 4.78 is 6.03. The fraction of sp³-hybridized carbons (Fsp3) is 0.625. The number of likely N-dealkylation sites (N-methyl/N-ethyl adjacent to an activating group) is 1. The van der Waals surface area contributed by atoms with Crippen LogP contribution in [0.3, 0.4) is 0 Å². The largest absolute Gasteiger partial charge is 0.489 e. The van der Waals surface area contributed by atoms with Crippen molar-refractivity contribution in [2.45, 2.75) is 58.6 Å². The Bertz CT molecular complexity index is 389. The van der Waals surface area contributed by atoms with Crippen LogP contribution in [0.1, 0.15) is 44.7 Å². The first kappa shape index (κ1) is 13.4. The topological polar surface area (TPSA) is 21.3 Å². The van der Waals surface area contributed by atoms with E-state index < -0.39 is 0 Å². The summed E-state index contributed by atoms with van der Waals surface area (Å²) in [5, 5.41) is 3.40. The summed E-state index contributed by atoms with van der Waals surface area (Å²) in [7, 11) is 0. The molecular weight excluding hydrogens is 222 g/mol. The maximum Gasteiger partial charge on any atom is 0.120 e. The lowest BCUT2D eigenvalue weighted by atomic mass is 9.92. The number of hydrogen-bond donors (Lipinski definition) is 1. The predicted molar refractivity (Wildman–Crippen MR) is 76.3 cm³/mol. The average Bonchev–Trinajstić information content (AvgIpc) is 2.39. The van der Waals surface area contributed by atoms with E-state index >= 15 is 0 Å². The van der Waals surface area contributed by atoms with E-state index in [1.165, 1.54) is 36.8 Å². The van der Waals surface area contributed by atoms with Crippen molar-refractivity contribution in [3.8, 4) is 5.75 Å². The van der Waals surface area contributed by atoms with Crippen LogP contribution in [0.25, 0.3) is 0 Å². The van der Waals surface area contributed by atoms with Gasteiger partial charge in [0.2, 0.25) is 0 Å². The molecule has 0 radical (unpaired) electrons. The Kier molecular flexibility index (Phi) is 4.65. The molecule has 0 fully saturated rings. The van der Waals surface area contributed by atoms with Crippen LogP contribution in [-0.4, -0.2) is 18.7 Å². The molecule has 2 unspecified atom stereocenters. The summed E-state index contributed by atoms with van der Waals surface area (Å²) in [6.07, 6.45) is 5.30. The fourth-order valence-corrected chi connectivity index (χ4v) is 2.59. The van der Waals surface area contributed by atoms with Gasteiger partial charge < -0.3 is 10.1 Å². The second kappa shape index (κ2) is 6.24. The Morgan fingerprint density at radius 2 is 1.89 bits per heavy atom. The third kappa shape index (κ3) is 3.26. The fourth-order valence-electron chi connectivity index (χ4n) is 2.59. The first-order valence-corrected chi connectivity index (χ1v) is 7.22. The number of nitrogens with one attached hydrogen (secondary N) is 1. The minimum absolute atomic E-state index is 0.201. The van der Waals surface area contributed by atoms with E-state index in [0.29, 0.717) is 6.04 Å². The molecule has 1 aliphatic rings. The normalized spacial score (nSPS) is 17.9. The van der Waals surface area contributed by atoms with Gasteiger partial charge in [-0.1, -0.05) is 13.0 Å². The standard InChI is InChI=1S/C16H25NO/c1-4-17-12(2)13(3)18-16-10-9-14-7-5-6-8-15(14)11-16/h9-13,17H,4-8H2,1-3H3. The quantitative estimate of drug-likeness (QED) is 0.861. The van der Waals surface area contributed by atoms with Crippen LogP contribution < -0.4 is 10.1 Å². The second-order valence-corrected chi connectivity index (χ2v) is 5.31. The lowest BCUT2D eigenvalue weighted by Gasteiger charge is -2.23. The van der Waals surface area contributed by atoms with E-state index in [0.717, 1.165) is 12.3 Å². The van der Waals surface area contributed by atoms with Gasteiger partial charge >= 0.3 is 0 Å². The van der Waals surface area contributed by atoms with Gasteiger partial charge in [0.05, 0.1) is 0 Å². The summed E-state index contributed by atoms with van der Waals surface area (Å²) in [4.78, 5) is 0. The van der Waals surface area contributed by atoms with Gasteiger partial charge in [-0.2, -0.15) is 0 Å². The van der Waals surface area contributed by atoms with Crippen LogP contribution >= 0.6 is 0 Å². The zero-order valence-corrected chi connectivity index (χ0v) is 11.8. The van der Waals surface area contributed by atoms with Crippen LogP contribution in [-0.2, 0) is 12.8 Å². The van der Waals surface area contributed by atoms with E-state index in [1.54, 1.807) is 0 Å². The van der Waals surface area contributed by atoms with Gasteiger partial charge in [0, 0.05) is 6.04 Å². The summed E-state index contributed by atoms with van der Waals surface area (Å²) in [5.41, 5.74) is 3.00. The van der Waals surface area contributed by atoms with Crippen molar-refractivity contribution in [2.24, 2.45) is 0 Å². The third-order valence-corrected chi connectivity index (χ3v) is 3.87. The lowest BCUT2D eigenvalue weighted by molar-refractivity contribution is 0.179. The highest BCUT2D eigenvalue weighted by atomic mass is 16.5. The maximum absolute atomic E-state index is 6.03. The number of hydrogen-bond acceptors (Lipinski definition) is 2. The molecule has 0 amide bonds. The molecule has 1 aromatic rings. The third-order valence-electron chi connectivity index (χ3n) is 3.87. The Balaban J connectivity index is 2.01. The van der Waals surface area contributed by atoms with Gasteiger partial charge in [-0.05, 0) is 69.3 Å². The van der Waals surface area contributed by atoms with Gasteiger partial charge in [-0.3, -0.25) is 0 Å². The van der Waals surface area contributed by atoms with Crippen LogP contribution in [0.15, 0.2) is 18.2 Å². The van der Waals surface area contributed by atoms with Crippen molar-refractivity contribution in [1.82, 2.24) is 5.32 Å². The van der Waals surface area contributed by atoms with Crippen LogP contribution in [0.2, 0.25) is 0 Å². The van der Waals surface area contributed by atoms with Gasteiger partial charge in [0.25, 0.3) is 0 Å². The molecule has 0 bridgehead atoms. The van der Waals surface area contributed by atoms with Crippen LogP contribution in [0.5, 0.6) is 5.75 Å². The molecule has 2 nitrogen and oxygen atoms in total. The SMILES string of the molecule is CCNC(C)C(C)Oc1ccc2c(c1)CCCC2. The Hall–Kier alpha value is -1.02. The Morgan fingerprint density at radius 1 is 1.17 bits per heavy atom. The molecule has 2 heteroatoms. The van der Waals surface area contributed by atoms with E-state index in [9.17, 15) is 0 Å². The Labute approximate surface area is 111 Å². The first-order valence-electron chi connectivity index (χ1n) is 7.22. The van der Waals surface area contributed by atoms with Gasteiger partial charge in [-0.25, -0.2) is 0 Å². The highest BCUT2D eigenvalue weighted by Crippen LogP contribution is 2.26. The Morgan fingerprint density at radius 3 is 2.61 bits per heavy atom. The van der Waals surface area contributed by atoms with Crippen LogP contribution in [0, 0.1) is 0 Å². The highest BCUT2D eigenvalue weighted by Gasteiger charge is 2.14. The zero-order valence-electron chi connectivity index (χ0n) is 11.8. The smallest absolute Gasteiger partial charge is 0.120 e. The molecule has 1 aromatic carbocycles. The molecule has 18 heavy (non-hydrogen) atoms. The number of ether oxygens (including phenoxy) is 1. The molecule has 1 aliphatic carbocycles. The van der Waals surface area contributed by atoms with Gasteiger partial charge in [0.1, 0.15) is 11.9 Å². The molecule has 0 spiro atoms. The molecule has 2 atom stereocenters. The molecule has 100 valence electrons. The van der Waals surface area contributed by atoms with Crippen LogP contribution in [0.4, 0.5) is 0 Å². The first-order chi connectivity index (χ1) is 8.70. The van der Waals surface area contributed by atoms with E-state index in [4.69, 9.17) is 4.74 Å². The van der Waals surface area contributed by atoms with Crippen molar-refractivity contribution in [2.75, 3.05) is 6.54 Å². The predicted octanol–water partition coefficient (Wildman–Crippen LogP) is 3.33. The van der Waals surface area contributed by atoms with Crippen molar-refractivity contribution < 1.29 is 4.74 Å². The molecule has 1 N–H and O–H groups in total. The minimum atomic E-state index is 0.201. The van der Waals surface area contributed by atoms with Crippen molar-refractivity contribution in [3.05, 3.63) is 29.3 Å². The number of aryl methyl sites for hydroxylation is 2. The van der Waals surface area contributed by atoms with E-state index in [-0.39, 0.29) is 6.10 Å². The molecule has 0 aliphatic heterocycles.